The van der Waals surface area contributed by atoms with Crippen molar-refractivity contribution < 1.29 is 14.3 Å². The maximum atomic E-state index is 10.6. The second-order valence-electron chi connectivity index (χ2n) is 2.86. The molecule has 0 aliphatic rings. The molecule has 1 amide bonds. The van der Waals surface area contributed by atoms with Crippen molar-refractivity contribution in [3.05, 3.63) is 0 Å². The van der Waals surface area contributed by atoms with Crippen molar-refractivity contribution >= 4 is 22.9 Å². The molecule has 0 unspecified atom stereocenters. The Labute approximate surface area is 76.0 Å². The van der Waals surface area contributed by atoms with E-state index < -0.39 is 17.4 Å². The summed E-state index contributed by atoms with van der Waals surface area (Å²) in [5, 5.41) is -0.692. The number of hydrogen-bond acceptors (Lipinski definition) is 3. The molecular weight excluding hydrogens is 182 g/mol. The number of halogens is 1. The van der Waals surface area contributed by atoms with Gasteiger partial charge in [-0.2, -0.15) is 0 Å². The summed E-state index contributed by atoms with van der Waals surface area (Å²) in [5.41, 5.74) is 4.73. The lowest BCUT2D eigenvalue weighted by molar-refractivity contribution is -0.119. The van der Waals surface area contributed by atoms with Crippen molar-refractivity contribution in [3.8, 4) is 0 Å². The van der Waals surface area contributed by atoms with E-state index in [1.54, 1.807) is 0 Å². The minimum atomic E-state index is -0.977. The first-order valence-electron chi connectivity index (χ1n) is 3.59. The molecule has 0 aliphatic heterocycles. The van der Waals surface area contributed by atoms with Gasteiger partial charge in [0.05, 0.1) is 0 Å². The van der Waals surface area contributed by atoms with Crippen molar-refractivity contribution in [2.24, 2.45) is 11.7 Å². The Hall–Kier alpha value is -0.770. The summed E-state index contributed by atoms with van der Waals surface area (Å²) in [6, 6.07) is 0. The van der Waals surface area contributed by atoms with Crippen molar-refractivity contribution in [2.75, 3.05) is 0 Å². The van der Waals surface area contributed by atoms with Gasteiger partial charge in [-0.15, -0.1) is 0 Å². The summed E-state index contributed by atoms with van der Waals surface area (Å²) in [4.78, 5) is 20.9. The van der Waals surface area contributed by atoms with E-state index in [4.69, 9.17) is 17.3 Å². The van der Waals surface area contributed by atoms with Gasteiger partial charge in [0.2, 0.25) is 0 Å². The summed E-state index contributed by atoms with van der Waals surface area (Å²) >= 11 is 5.16. The van der Waals surface area contributed by atoms with Crippen LogP contribution in [0.15, 0.2) is 0 Å². The van der Waals surface area contributed by atoms with Crippen LogP contribution in [0.3, 0.4) is 0 Å². The lowest BCUT2D eigenvalue weighted by Gasteiger charge is -2.13. The summed E-state index contributed by atoms with van der Waals surface area (Å²) in [6.45, 7) is 3.77. The van der Waals surface area contributed by atoms with Gasteiger partial charge < -0.3 is 10.5 Å². The smallest absolute Gasteiger partial charge is 0.405 e. The lowest BCUT2D eigenvalue weighted by Crippen LogP contribution is -2.28. The van der Waals surface area contributed by atoms with Gasteiger partial charge >= 0.3 is 6.09 Å². The molecule has 70 valence electrons. The number of carbonyl (C=O) groups excluding carboxylic acids is 2. The summed E-state index contributed by atoms with van der Waals surface area (Å²) in [6.07, 6.45) is -1.50. The highest BCUT2D eigenvalue weighted by atomic mass is 35.5. The van der Waals surface area contributed by atoms with E-state index >= 15 is 0 Å². The van der Waals surface area contributed by atoms with Gasteiger partial charge in [0, 0.05) is 0 Å². The number of rotatable bonds is 4. The molecule has 0 aromatic heterocycles. The zero-order valence-corrected chi connectivity index (χ0v) is 7.80. The van der Waals surface area contributed by atoms with Crippen molar-refractivity contribution in [1.29, 1.82) is 0 Å². The predicted octanol–water partition coefficient (Wildman–Crippen LogP) is 1.26. The molecule has 2 N–H and O–H groups in total. The monoisotopic (exact) mass is 193 g/mol. The van der Waals surface area contributed by atoms with E-state index in [0.717, 1.165) is 0 Å². The van der Waals surface area contributed by atoms with Crippen LogP contribution in [0, 0.1) is 5.92 Å². The molecule has 0 spiro atoms. The summed E-state index contributed by atoms with van der Waals surface area (Å²) < 4.78 is 4.48. The number of ether oxygens (including phenoxy) is 1. The third-order valence-corrected chi connectivity index (χ3v) is 1.44. The average molecular weight is 194 g/mol. The molecule has 0 saturated heterocycles. The fraction of sp³-hybridized carbons (Fsp3) is 0.714. The maximum Gasteiger partial charge on any atom is 0.405 e. The van der Waals surface area contributed by atoms with Crippen LogP contribution < -0.4 is 5.73 Å². The van der Waals surface area contributed by atoms with Crippen LogP contribution in [-0.4, -0.2) is 17.4 Å². The number of nitrogens with two attached hydrogens (primary N) is 1. The topological polar surface area (TPSA) is 69.4 Å². The molecule has 0 aromatic rings. The van der Waals surface area contributed by atoms with E-state index in [-0.39, 0.29) is 5.92 Å². The first-order chi connectivity index (χ1) is 5.43. The van der Waals surface area contributed by atoms with Crippen LogP contribution in [0.4, 0.5) is 4.79 Å². The first-order valence-corrected chi connectivity index (χ1v) is 3.96. The molecule has 0 fully saturated rings. The second-order valence-corrected chi connectivity index (χ2v) is 3.23. The van der Waals surface area contributed by atoms with E-state index in [0.29, 0.717) is 6.42 Å². The zero-order chi connectivity index (χ0) is 9.72. The number of amides is 1. The van der Waals surface area contributed by atoms with Crippen LogP contribution in [0.2, 0.25) is 0 Å². The maximum absolute atomic E-state index is 10.6. The quantitative estimate of drug-likeness (QED) is 0.684. The summed E-state index contributed by atoms with van der Waals surface area (Å²) in [5.74, 6) is 0.219. The number of primary amides is 1. The van der Waals surface area contributed by atoms with Gasteiger partial charge in [-0.3, -0.25) is 4.79 Å². The molecule has 0 saturated carbocycles. The molecule has 12 heavy (non-hydrogen) atoms. The van der Waals surface area contributed by atoms with Crippen LogP contribution in [0.5, 0.6) is 0 Å². The van der Waals surface area contributed by atoms with Gasteiger partial charge in [0.25, 0.3) is 5.24 Å². The van der Waals surface area contributed by atoms with Crippen LogP contribution in [0.25, 0.3) is 0 Å². The van der Waals surface area contributed by atoms with E-state index in [9.17, 15) is 9.59 Å². The SMILES string of the molecule is CC(C)C[C@@H](OC(N)=O)C(=O)Cl. The third kappa shape index (κ3) is 4.96. The second kappa shape index (κ2) is 4.98. The zero-order valence-electron chi connectivity index (χ0n) is 7.04. The van der Waals surface area contributed by atoms with E-state index in [2.05, 4.69) is 4.74 Å². The van der Waals surface area contributed by atoms with Crippen molar-refractivity contribution in [2.45, 2.75) is 26.4 Å². The minimum absolute atomic E-state index is 0.219. The van der Waals surface area contributed by atoms with Gasteiger partial charge in [0.1, 0.15) is 0 Å². The lowest BCUT2D eigenvalue weighted by atomic mass is 10.1. The fourth-order valence-corrected chi connectivity index (χ4v) is 0.889. The van der Waals surface area contributed by atoms with Crippen molar-refractivity contribution in [1.82, 2.24) is 0 Å². The van der Waals surface area contributed by atoms with Gasteiger partial charge in [-0.1, -0.05) is 13.8 Å². The largest absolute Gasteiger partial charge is 0.437 e. The Kier molecular flexibility index (Phi) is 4.66. The normalized spacial score (nSPS) is 12.7. The van der Waals surface area contributed by atoms with E-state index in [1.807, 2.05) is 13.8 Å². The molecule has 0 heterocycles. The molecule has 0 rings (SSSR count). The van der Waals surface area contributed by atoms with Gasteiger partial charge in [-0.05, 0) is 23.9 Å². The van der Waals surface area contributed by atoms with Crippen LogP contribution in [-0.2, 0) is 9.53 Å². The Balaban J connectivity index is 4.04. The van der Waals surface area contributed by atoms with Crippen molar-refractivity contribution in [3.63, 3.8) is 0 Å². The highest BCUT2D eigenvalue weighted by Gasteiger charge is 2.20. The molecule has 0 bridgehead atoms. The number of carbonyl (C=O) groups is 2. The Bertz CT molecular complexity index is 181. The highest BCUT2D eigenvalue weighted by Crippen LogP contribution is 2.10. The highest BCUT2D eigenvalue weighted by molar-refractivity contribution is 6.64. The Morgan fingerprint density at radius 3 is 2.25 bits per heavy atom. The Morgan fingerprint density at radius 1 is 1.50 bits per heavy atom. The fourth-order valence-electron chi connectivity index (χ4n) is 0.755. The molecule has 0 aliphatic carbocycles. The molecule has 1 atom stereocenters. The van der Waals surface area contributed by atoms with Crippen LogP contribution >= 0.6 is 11.6 Å². The molecule has 0 aromatic carbocycles. The van der Waals surface area contributed by atoms with Crippen LogP contribution in [0.1, 0.15) is 20.3 Å². The first kappa shape index (κ1) is 11.2. The predicted molar refractivity (Wildman–Crippen MR) is 44.8 cm³/mol. The molecule has 5 heteroatoms. The number of hydrogen-bond donors (Lipinski definition) is 1. The third-order valence-electron chi connectivity index (χ3n) is 1.20. The van der Waals surface area contributed by atoms with Gasteiger partial charge in [0.15, 0.2) is 6.10 Å². The minimum Gasteiger partial charge on any atom is -0.437 e. The average Bonchev–Trinajstić information content (AvgIpc) is 1.83. The molecule has 4 nitrogen and oxygen atoms in total. The molecule has 0 radical (unpaired) electrons. The molecular formula is C7H12ClNO3. The van der Waals surface area contributed by atoms with E-state index in [1.165, 1.54) is 0 Å². The summed E-state index contributed by atoms with van der Waals surface area (Å²) in [7, 11) is 0. The van der Waals surface area contributed by atoms with Gasteiger partial charge in [-0.25, -0.2) is 4.79 Å². The standard InChI is InChI=1S/C7H12ClNO3/c1-4(2)3-5(6(8)10)12-7(9)11/h4-5H,3H2,1-2H3,(H2,9,11)/t5-/m1/s1. The Morgan fingerprint density at radius 2 is 2.00 bits per heavy atom.